The molecule has 0 aliphatic rings. The summed E-state index contributed by atoms with van der Waals surface area (Å²) in [5, 5.41) is 0. The minimum absolute atomic E-state index is 0.291. The Balaban J connectivity index is 2.29. The van der Waals surface area contributed by atoms with E-state index >= 15 is 0 Å². The Labute approximate surface area is 112 Å². The Hall–Kier alpha value is -0.420. The largest absolute Gasteiger partial charge is 0.260 e. The van der Waals surface area contributed by atoms with E-state index < -0.39 is 9.84 Å². The molecular formula is C12H18BrNO2S. The SMILES string of the molecule is Cc1cc(CCCCCS(C)(=O)=O)ncc1Br. The van der Waals surface area contributed by atoms with Gasteiger partial charge in [-0.05, 0) is 53.7 Å². The predicted molar refractivity (Wildman–Crippen MR) is 73.9 cm³/mol. The zero-order valence-electron chi connectivity index (χ0n) is 10.2. The van der Waals surface area contributed by atoms with Gasteiger partial charge >= 0.3 is 0 Å². The first-order valence-corrected chi connectivity index (χ1v) is 8.52. The minimum atomic E-state index is -2.80. The van der Waals surface area contributed by atoms with Crippen LogP contribution >= 0.6 is 15.9 Å². The molecule has 0 N–H and O–H groups in total. The lowest BCUT2D eigenvalue weighted by molar-refractivity contribution is 0.595. The van der Waals surface area contributed by atoms with Gasteiger partial charge in [-0.1, -0.05) is 6.42 Å². The second-order valence-electron chi connectivity index (χ2n) is 4.37. The molecular weight excluding hydrogens is 302 g/mol. The van der Waals surface area contributed by atoms with Crippen molar-refractivity contribution in [3.05, 3.63) is 28.0 Å². The van der Waals surface area contributed by atoms with Crippen molar-refractivity contribution in [3.63, 3.8) is 0 Å². The summed E-state index contributed by atoms with van der Waals surface area (Å²) in [6.07, 6.45) is 6.69. The molecule has 0 unspecified atom stereocenters. The summed E-state index contributed by atoms with van der Waals surface area (Å²) in [6.45, 7) is 2.04. The number of halogens is 1. The Kier molecular flexibility index (Phi) is 5.59. The first kappa shape index (κ1) is 14.6. The van der Waals surface area contributed by atoms with E-state index in [4.69, 9.17) is 0 Å². The predicted octanol–water partition coefficient (Wildman–Crippen LogP) is 2.91. The van der Waals surface area contributed by atoms with Crippen LogP contribution in [-0.4, -0.2) is 25.4 Å². The highest BCUT2D eigenvalue weighted by Crippen LogP contribution is 2.16. The fourth-order valence-corrected chi connectivity index (χ4v) is 2.53. The third-order valence-electron chi connectivity index (χ3n) is 2.55. The summed E-state index contributed by atoms with van der Waals surface area (Å²) in [7, 11) is -2.80. The van der Waals surface area contributed by atoms with Crippen LogP contribution in [0.1, 0.15) is 30.5 Å². The molecule has 1 heterocycles. The van der Waals surface area contributed by atoms with E-state index in [1.165, 1.54) is 11.8 Å². The molecule has 0 aliphatic carbocycles. The smallest absolute Gasteiger partial charge is 0.147 e. The van der Waals surface area contributed by atoms with Gasteiger partial charge in [0.25, 0.3) is 0 Å². The van der Waals surface area contributed by atoms with Gasteiger partial charge in [-0.3, -0.25) is 4.98 Å². The lowest BCUT2D eigenvalue weighted by Gasteiger charge is -2.03. The van der Waals surface area contributed by atoms with E-state index in [9.17, 15) is 8.42 Å². The average Bonchev–Trinajstić information content (AvgIpc) is 2.21. The fraction of sp³-hybridized carbons (Fsp3) is 0.583. The van der Waals surface area contributed by atoms with E-state index in [-0.39, 0.29) is 0 Å². The first-order valence-electron chi connectivity index (χ1n) is 5.67. The van der Waals surface area contributed by atoms with Crippen LogP contribution in [0.25, 0.3) is 0 Å². The Morgan fingerprint density at radius 3 is 2.59 bits per heavy atom. The summed E-state index contributed by atoms with van der Waals surface area (Å²) in [5.74, 6) is 0.291. The number of aromatic nitrogens is 1. The van der Waals surface area contributed by atoms with Gasteiger partial charge in [0, 0.05) is 28.4 Å². The fourth-order valence-electron chi connectivity index (χ4n) is 1.58. The molecule has 1 rings (SSSR count). The number of sulfone groups is 1. The third-order valence-corrected chi connectivity index (χ3v) is 4.41. The summed E-state index contributed by atoms with van der Waals surface area (Å²) < 4.78 is 22.9. The molecule has 0 atom stereocenters. The monoisotopic (exact) mass is 319 g/mol. The molecule has 96 valence electrons. The van der Waals surface area contributed by atoms with Crippen LogP contribution in [0.3, 0.4) is 0 Å². The summed E-state index contributed by atoms with van der Waals surface area (Å²) >= 11 is 3.42. The summed E-state index contributed by atoms with van der Waals surface area (Å²) in [4.78, 5) is 4.32. The number of nitrogens with zero attached hydrogens (tertiary/aromatic N) is 1. The van der Waals surface area contributed by atoms with Gasteiger partial charge in [-0.2, -0.15) is 0 Å². The molecule has 5 heteroatoms. The van der Waals surface area contributed by atoms with Crippen LogP contribution in [0.2, 0.25) is 0 Å². The van der Waals surface area contributed by atoms with E-state index in [2.05, 4.69) is 27.0 Å². The number of hydrogen-bond donors (Lipinski definition) is 0. The van der Waals surface area contributed by atoms with Crippen LogP contribution in [0, 0.1) is 6.92 Å². The molecule has 0 aromatic carbocycles. The summed E-state index contributed by atoms with van der Waals surface area (Å²) in [5.41, 5.74) is 2.26. The quantitative estimate of drug-likeness (QED) is 0.757. The van der Waals surface area contributed by atoms with Gasteiger partial charge in [0.05, 0.1) is 0 Å². The van der Waals surface area contributed by atoms with Gasteiger partial charge in [0.15, 0.2) is 0 Å². The van der Waals surface area contributed by atoms with E-state index in [1.807, 2.05) is 13.1 Å². The molecule has 0 spiro atoms. The first-order chi connectivity index (χ1) is 7.88. The van der Waals surface area contributed by atoms with Crippen LogP contribution in [0.5, 0.6) is 0 Å². The highest BCUT2D eigenvalue weighted by atomic mass is 79.9. The standard InChI is InChI=1S/C12H18BrNO2S/c1-10-8-11(14-9-12(10)13)6-4-3-5-7-17(2,15)16/h8-9H,3-7H2,1-2H3. The number of hydrogen-bond acceptors (Lipinski definition) is 3. The maximum absolute atomic E-state index is 10.9. The molecule has 3 nitrogen and oxygen atoms in total. The molecule has 0 fully saturated rings. The highest BCUT2D eigenvalue weighted by Gasteiger charge is 2.02. The van der Waals surface area contributed by atoms with Crippen molar-refractivity contribution in [1.82, 2.24) is 4.98 Å². The molecule has 0 amide bonds. The Bertz CT molecular complexity index is 471. The van der Waals surface area contributed by atoms with Gasteiger partial charge in [-0.15, -0.1) is 0 Å². The van der Waals surface area contributed by atoms with Crippen LogP contribution in [-0.2, 0) is 16.3 Å². The maximum atomic E-state index is 10.9. The third kappa shape index (κ3) is 6.17. The van der Waals surface area contributed by atoms with Gasteiger partial charge < -0.3 is 0 Å². The average molecular weight is 320 g/mol. The highest BCUT2D eigenvalue weighted by molar-refractivity contribution is 9.10. The van der Waals surface area contributed by atoms with Gasteiger partial charge in [-0.25, -0.2) is 8.42 Å². The maximum Gasteiger partial charge on any atom is 0.147 e. The van der Waals surface area contributed by atoms with Crippen molar-refractivity contribution >= 4 is 25.8 Å². The molecule has 0 radical (unpaired) electrons. The minimum Gasteiger partial charge on any atom is -0.260 e. The van der Waals surface area contributed by atoms with Crippen molar-refractivity contribution in [2.45, 2.75) is 32.6 Å². The topological polar surface area (TPSA) is 47.0 Å². The van der Waals surface area contributed by atoms with Crippen LogP contribution in [0.4, 0.5) is 0 Å². The zero-order chi connectivity index (χ0) is 12.9. The molecule has 0 aliphatic heterocycles. The number of rotatable bonds is 6. The van der Waals surface area contributed by atoms with Crippen molar-refractivity contribution in [1.29, 1.82) is 0 Å². The van der Waals surface area contributed by atoms with Gasteiger partial charge in [0.1, 0.15) is 9.84 Å². The second-order valence-corrected chi connectivity index (χ2v) is 7.48. The number of pyridine rings is 1. The van der Waals surface area contributed by atoms with E-state index in [0.29, 0.717) is 5.75 Å². The molecule has 0 bridgehead atoms. The second kappa shape index (κ2) is 6.50. The van der Waals surface area contributed by atoms with Crippen molar-refractivity contribution < 1.29 is 8.42 Å². The Morgan fingerprint density at radius 2 is 2.00 bits per heavy atom. The molecule has 1 aromatic rings. The van der Waals surface area contributed by atoms with Gasteiger partial charge in [0.2, 0.25) is 0 Å². The van der Waals surface area contributed by atoms with Crippen molar-refractivity contribution in [2.75, 3.05) is 12.0 Å². The number of aryl methyl sites for hydroxylation is 2. The van der Waals surface area contributed by atoms with Crippen molar-refractivity contribution in [3.8, 4) is 0 Å². The van der Waals surface area contributed by atoms with Crippen molar-refractivity contribution in [2.24, 2.45) is 0 Å². The molecule has 0 saturated heterocycles. The zero-order valence-corrected chi connectivity index (χ0v) is 12.6. The van der Waals surface area contributed by atoms with E-state index in [0.717, 1.165) is 35.8 Å². The lowest BCUT2D eigenvalue weighted by atomic mass is 10.1. The Morgan fingerprint density at radius 1 is 1.29 bits per heavy atom. The normalized spacial score (nSPS) is 11.7. The molecule has 1 aromatic heterocycles. The van der Waals surface area contributed by atoms with E-state index in [1.54, 1.807) is 0 Å². The van der Waals surface area contributed by atoms with Crippen LogP contribution in [0.15, 0.2) is 16.7 Å². The number of unbranched alkanes of at least 4 members (excludes halogenated alkanes) is 2. The summed E-state index contributed by atoms with van der Waals surface area (Å²) in [6, 6.07) is 2.07. The lowest BCUT2D eigenvalue weighted by Crippen LogP contribution is -2.02. The van der Waals surface area contributed by atoms with Crippen LogP contribution < -0.4 is 0 Å². The molecule has 17 heavy (non-hydrogen) atoms. The molecule has 0 saturated carbocycles.